The largest absolute Gasteiger partial charge is 0.508 e. The number of phenols is 1. The Labute approximate surface area is 128 Å². The predicted molar refractivity (Wildman–Crippen MR) is 76.3 cm³/mol. The normalized spacial score (nSPS) is 32.1. The third kappa shape index (κ3) is 3.95. The van der Waals surface area contributed by atoms with E-state index in [1.165, 1.54) is 7.11 Å². The molecule has 0 aromatic heterocycles. The lowest BCUT2D eigenvalue weighted by Gasteiger charge is -2.41. The second-order valence-corrected chi connectivity index (χ2v) is 5.19. The molecule has 1 saturated heterocycles. The number of hydrogen-bond acceptors (Lipinski definition) is 7. The molecule has 1 aromatic rings. The zero-order valence-corrected chi connectivity index (χ0v) is 12.3. The number of benzene rings is 1. The minimum Gasteiger partial charge on any atom is -0.508 e. The smallest absolute Gasteiger partial charge is 0.186 e. The zero-order chi connectivity index (χ0) is 16.1. The minimum atomic E-state index is -1.26. The summed E-state index contributed by atoms with van der Waals surface area (Å²) in [5.74, 6) is 0.190. The van der Waals surface area contributed by atoms with Crippen LogP contribution < -0.4 is 0 Å². The van der Waals surface area contributed by atoms with E-state index in [1.807, 2.05) is 0 Å². The molecule has 0 bridgehead atoms. The number of rotatable bonds is 6. The van der Waals surface area contributed by atoms with Crippen molar-refractivity contribution in [1.29, 1.82) is 0 Å². The fourth-order valence-corrected chi connectivity index (χ4v) is 2.44. The Morgan fingerprint density at radius 1 is 1.14 bits per heavy atom. The third-order valence-corrected chi connectivity index (χ3v) is 3.70. The lowest BCUT2D eigenvalue weighted by Crippen LogP contribution is -2.59. The maximum Gasteiger partial charge on any atom is 0.186 e. The van der Waals surface area contributed by atoms with Gasteiger partial charge in [-0.15, -0.1) is 0 Å². The summed E-state index contributed by atoms with van der Waals surface area (Å²) in [6.45, 7) is -0.0882. The highest BCUT2D eigenvalue weighted by Crippen LogP contribution is 2.24. The van der Waals surface area contributed by atoms with Gasteiger partial charge in [0.25, 0.3) is 0 Å². The summed E-state index contributed by atoms with van der Waals surface area (Å²) in [7, 11) is 1.37. The number of aliphatic hydroxyl groups is 3. The second kappa shape index (κ2) is 7.87. The molecule has 22 heavy (non-hydrogen) atoms. The Morgan fingerprint density at radius 2 is 1.82 bits per heavy atom. The van der Waals surface area contributed by atoms with Gasteiger partial charge in [0.15, 0.2) is 6.29 Å². The molecule has 0 unspecified atom stereocenters. The molecule has 4 N–H and O–H groups in total. The summed E-state index contributed by atoms with van der Waals surface area (Å²) in [5, 5.41) is 38.4. The topological polar surface area (TPSA) is 109 Å². The van der Waals surface area contributed by atoms with Gasteiger partial charge in [-0.2, -0.15) is 0 Å². The van der Waals surface area contributed by atoms with E-state index in [9.17, 15) is 20.4 Å². The van der Waals surface area contributed by atoms with Crippen LogP contribution in [0.1, 0.15) is 5.56 Å². The number of hydrogen-bond donors (Lipinski definition) is 4. The predicted octanol–water partition coefficient (Wildman–Crippen LogP) is -0.595. The van der Waals surface area contributed by atoms with Crippen LogP contribution in [0.2, 0.25) is 0 Å². The number of aromatic hydroxyl groups is 1. The van der Waals surface area contributed by atoms with Gasteiger partial charge >= 0.3 is 0 Å². The van der Waals surface area contributed by atoms with Gasteiger partial charge in [0, 0.05) is 7.11 Å². The van der Waals surface area contributed by atoms with Gasteiger partial charge in [0.1, 0.15) is 30.2 Å². The monoisotopic (exact) mass is 314 g/mol. The van der Waals surface area contributed by atoms with Crippen molar-refractivity contribution in [2.45, 2.75) is 37.1 Å². The van der Waals surface area contributed by atoms with Crippen molar-refractivity contribution in [2.24, 2.45) is 0 Å². The van der Waals surface area contributed by atoms with Gasteiger partial charge in [-0.1, -0.05) is 12.1 Å². The molecule has 1 heterocycles. The molecule has 0 aliphatic carbocycles. The molecule has 0 saturated carbocycles. The van der Waals surface area contributed by atoms with E-state index in [1.54, 1.807) is 24.3 Å². The molecular weight excluding hydrogens is 292 g/mol. The van der Waals surface area contributed by atoms with Crippen LogP contribution >= 0.6 is 0 Å². The van der Waals surface area contributed by atoms with Gasteiger partial charge < -0.3 is 34.6 Å². The standard InChI is InChI=1S/C15H22O7/c1-20-14-11(8-16)22-15(13(19)12(14)18)21-7-6-9-2-4-10(17)5-3-9/h2-5,11-19H,6-8H2,1H3/t11-,12-,13-,14-,15-/m1/s1. The van der Waals surface area contributed by atoms with E-state index >= 15 is 0 Å². The van der Waals surface area contributed by atoms with Gasteiger partial charge in [-0.25, -0.2) is 0 Å². The Kier molecular flexibility index (Phi) is 6.13. The highest BCUT2D eigenvalue weighted by atomic mass is 16.7. The van der Waals surface area contributed by atoms with Crippen molar-refractivity contribution in [3.8, 4) is 5.75 Å². The first-order valence-electron chi connectivity index (χ1n) is 7.11. The van der Waals surface area contributed by atoms with Crippen LogP contribution in [0.4, 0.5) is 0 Å². The van der Waals surface area contributed by atoms with Gasteiger partial charge in [0.2, 0.25) is 0 Å². The Bertz CT molecular complexity index is 448. The van der Waals surface area contributed by atoms with Crippen LogP contribution in [-0.4, -0.2) is 71.5 Å². The van der Waals surface area contributed by atoms with E-state index in [-0.39, 0.29) is 19.0 Å². The van der Waals surface area contributed by atoms with E-state index in [4.69, 9.17) is 14.2 Å². The summed E-state index contributed by atoms with van der Waals surface area (Å²) in [5.41, 5.74) is 0.956. The highest BCUT2D eigenvalue weighted by Gasteiger charge is 2.45. The van der Waals surface area contributed by atoms with Crippen LogP contribution in [-0.2, 0) is 20.6 Å². The molecular formula is C15H22O7. The first kappa shape index (κ1) is 17.1. The number of aliphatic hydroxyl groups excluding tert-OH is 3. The number of methoxy groups -OCH3 is 1. The van der Waals surface area contributed by atoms with Crippen molar-refractivity contribution >= 4 is 0 Å². The average Bonchev–Trinajstić information content (AvgIpc) is 2.53. The van der Waals surface area contributed by atoms with Crippen LogP contribution in [0, 0.1) is 0 Å². The molecule has 1 aromatic carbocycles. The summed E-state index contributed by atoms with van der Waals surface area (Å²) >= 11 is 0. The summed E-state index contributed by atoms with van der Waals surface area (Å²) in [4.78, 5) is 0. The quantitative estimate of drug-likeness (QED) is 0.555. The maximum atomic E-state index is 9.99. The number of ether oxygens (including phenoxy) is 3. The SMILES string of the molecule is CO[C@H]1[C@H](O)[C@@H](O)[C@H](OCCc2ccc(O)cc2)O[C@@H]1CO. The minimum absolute atomic E-state index is 0.190. The molecule has 0 amide bonds. The Hall–Kier alpha value is -1.22. The van der Waals surface area contributed by atoms with Crippen LogP contribution in [0.25, 0.3) is 0 Å². The van der Waals surface area contributed by atoms with E-state index < -0.39 is 30.7 Å². The van der Waals surface area contributed by atoms with Crippen LogP contribution in [0.3, 0.4) is 0 Å². The summed E-state index contributed by atoms with van der Waals surface area (Å²) in [6, 6.07) is 6.69. The molecule has 0 radical (unpaired) electrons. The van der Waals surface area contributed by atoms with E-state index in [0.717, 1.165) is 5.56 Å². The third-order valence-electron chi connectivity index (χ3n) is 3.70. The van der Waals surface area contributed by atoms with Crippen LogP contribution in [0.15, 0.2) is 24.3 Å². The second-order valence-electron chi connectivity index (χ2n) is 5.19. The molecule has 7 nitrogen and oxygen atoms in total. The first-order valence-corrected chi connectivity index (χ1v) is 7.11. The molecule has 1 aliphatic heterocycles. The van der Waals surface area contributed by atoms with Gasteiger partial charge in [-0.05, 0) is 24.1 Å². The fourth-order valence-electron chi connectivity index (χ4n) is 2.44. The highest BCUT2D eigenvalue weighted by molar-refractivity contribution is 5.25. The van der Waals surface area contributed by atoms with Gasteiger partial charge in [0.05, 0.1) is 13.2 Å². The Balaban J connectivity index is 1.87. The molecule has 5 atom stereocenters. The van der Waals surface area contributed by atoms with Crippen molar-refractivity contribution in [3.63, 3.8) is 0 Å². The van der Waals surface area contributed by atoms with Crippen molar-refractivity contribution < 1.29 is 34.6 Å². The van der Waals surface area contributed by atoms with Crippen molar-refractivity contribution in [1.82, 2.24) is 0 Å². The summed E-state index contributed by atoms with van der Waals surface area (Å²) < 4.78 is 15.9. The molecule has 124 valence electrons. The summed E-state index contributed by atoms with van der Waals surface area (Å²) in [6.07, 6.45) is -4.50. The van der Waals surface area contributed by atoms with E-state index in [0.29, 0.717) is 6.42 Å². The fraction of sp³-hybridized carbons (Fsp3) is 0.600. The maximum absolute atomic E-state index is 9.99. The Morgan fingerprint density at radius 3 is 2.41 bits per heavy atom. The van der Waals surface area contributed by atoms with E-state index in [2.05, 4.69) is 0 Å². The average molecular weight is 314 g/mol. The van der Waals surface area contributed by atoms with Gasteiger partial charge in [-0.3, -0.25) is 0 Å². The van der Waals surface area contributed by atoms with Crippen LogP contribution in [0.5, 0.6) is 5.75 Å². The number of phenolic OH excluding ortho intramolecular Hbond substituents is 1. The molecule has 1 aliphatic rings. The molecule has 2 rings (SSSR count). The molecule has 1 fully saturated rings. The van der Waals surface area contributed by atoms with Crippen molar-refractivity contribution in [2.75, 3.05) is 20.3 Å². The zero-order valence-electron chi connectivity index (χ0n) is 12.3. The molecule has 0 spiro atoms. The first-order chi connectivity index (χ1) is 10.6. The lowest BCUT2D eigenvalue weighted by atomic mass is 9.99. The molecule has 7 heteroatoms. The van der Waals surface area contributed by atoms with Crippen molar-refractivity contribution in [3.05, 3.63) is 29.8 Å². The lowest BCUT2D eigenvalue weighted by molar-refractivity contribution is -0.304.